The van der Waals surface area contributed by atoms with Gasteiger partial charge in [-0.15, -0.1) is 0 Å². The molecule has 0 saturated heterocycles. The summed E-state index contributed by atoms with van der Waals surface area (Å²) in [6.45, 7) is 4.61. The van der Waals surface area contributed by atoms with Crippen LogP contribution in [0.5, 0.6) is 0 Å². The van der Waals surface area contributed by atoms with E-state index in [1.165, 1.54) is 122 Å². The van der Waals surface area contributed by atoms with E-state index in [0.29, 0.717) is 17.4 Å². The molecule has 0 bridgehead atoms. The molecule has 0 heterocycles. The number of unbranched alkanes of at least 4 members (excludes halogenated alkanes) is 24. The number of carboxylic acids is 1. The molecule has 0 N–H and O–H groups in total. The van der Waals surface area contributed by atoms with Gasteiger partial charge in [-0.25, -0.2) is 0 Å². The maximum Gasteiger partial charge on any atom is 0.306 e. The van der Waals surface area contributed by atoms with Gasteiger partial charge in [0.05, 0.1) is 40.3 Å². The molecule has 2 unspecified atom stereocenters. The first kappa shape index (κ1) is 57.5. The second-order valence-electron chi connectivity index (χ2n) is 17.7. The van der Waals surface area contributed by atoms with E-state index in [2.05, 4.69) is 50.3 Å². The summed E-state index contributed by atoms with van der Waals surface area (Å²) in [5, 5.41) is 11.7. The van der Waals surface area contributed by atoms with E-state index in [-0.39, 0.29) is 38.6 Å². The fourth-order valence-corrected chi connectivity index (χ4v) is 6.84. The van der Waals surface area contributed by atoms with Crippen molar-refractivity contribution in [3.63, 3.8) is 0 Å². The summed E-state index contributed by atoms with van der Waals surface area (Å²) in [4.78, 5) is 37.0. The first-order valence-corrected chi connectivity index (χ1v) is 24.6. The standard InChI is InChI=1S/C51H93NO8/c1-6-8-10-12-14-16-18-20-21-22-23-24-25-26-27-28-30-31-33-35-37-39-41-48(53)58-45-47(46-59-51(50(55)56)57-44-43-52(3,4)5)60-49(54)42-40-38-36-34-32-29-19-17-15-13-11-9-7-2/h9,11,15,17,29,32,47,51H,6-8,10,12-14,16,18-28,30-31,33-46H2,1-5H3/b11-9-,17-15-,32-29-. The molecule has 0 amide bonds. The van der Waals surface area contributed by atoms with Gasteiger partial charge in [-0.2, -0.15) is 0 Å². The molecule has 350 valence electrons. The van der Waals surface area contributed by atoms with E-state index in [1.54, 1.807) is 0 Å². The number of carboxylic acid groups (broad SMARTS) is 1. The summed E-state index contributed by atoms with van der Waals surface area (Å²) < 4.78 is 22.5. The van der Waals surface area contributed by atoms with Gasteiger partial charge >= 0.3 is 11.9 Å². The summed E-state index contributed by atoms with van der Waals surface area (Å²) in [6, 6.07) is 0. The molecule has 0 rings (SSSR count). The van der Waals surface area contributed by atoms with E-state index in [1.807, 2.05) is 21.1 Å². The second-order valence-corrected chi connectivity index (χ2v) is 17.7. The van der Waals surface area contributed by atoms with Gasteiger partial charge in [0.2, 0.25) is 0 Å². The van der Waals surface area contributed by atoms with Crippen molar-refractivity contribution in [1.82, 2.24) is 0 Å². The molecule has 60 heavy (non-hydrogen) atoms. The predicted molar refractivity (Wildman–Crippen MR) is 246 cm³/mol. The number of carbonyl (C=O) groups excluding carboxylic acids is 3. The SMILES string of the molecule is CC/C=C\C/C=C\C/C=C\CCCCCC(=O)OC(COC(=O)CCCCCCCCCCCCCCCCCCCCCCCC)COC(OCC[N+](C)(C)C)C(=O)[O-]. The van der Waals surface area contributed by atoms with Crippen LogP contribution >= 0.6 is 0 Å². The molecule has 2 atom stereocenters. The van der Waals surface area contributed by atoms with Gasteiger partial charge in [0.1, 0.15) is 13.2 Å². The predicted octanol–water partition coefficient (Wildman–Crippen LogP) is 12.1. The van der Waals surface area contributed by atoms with Crippen LogP contribution in [0.15, 0.2) is 36.5 Å². The number of likely N-dealkylation sites (N-methyl/N-ethyl adjacent to an activating group) is 1. The van der Waals surface area contributed by atoms with Crippen molar-refractivity contribution in [1.29, 1.82) is 0 Å². The highest BCUT2D eigenvalue weighted by Crippen LogP contribution is 2.16. The minimum atomic E-state index is -1.63. The van der Waals surface area contributed by atoms with Crippen LogP contribution in [0, 0.1) is 0 Å². The first-order chi connectivity index (χ1) is 29.1. The first-order valence-electron chi connectivity index (χ1n) is 24.6. The Kier molecular flexibility index (Phi) is 41.4. The molecular weight excluding hydrogens is 755 g/mol. The molecule has 0 radical (unpaired) electrons. The number of hydrogen-bond donors (Lipinski definition) is 0. The molecule has 0 aromatic carbocycles. The highest BCUT2D eigenvalue weighted by molar-refractivity contribution is 5.70. The van der Waals surface area contributed by atoms with Gasteiger partial charge in [0.15, 0.2) is 12.4 Å². The van der Waals surface area contributed by atoms with Crippen LogP contribution in [0.1, 0.15) is 213 Å². The number of esters is 2. The highest BCUT2D eigenvalue weighted by atomic mass is 16.7. The molecule has 9 nitrogen and oxygen atoms in total. The molecule has 0 aliphatic rings. The quantitative estimate of drug-likeness (QED) is 0.0196. The van der Waals surface area contributed by atoms with Crippen LogP contribution in [0.25, 0.3) is 0 Å². The summed E-state index contributed by atoms with van der Waals surface area (Å²) in [6.07, 6.45) is 46.2. The zero-order valence-electron chi connectivity index (χ0n) is 39.6. The lowest BCUT2D eigenvalue weighted by Gasteiger charge is -2.26. The van der Waals surface area contributed by atoms with Gasteiger partial charge in [-0.3, -0.25) is 9.59 Å². The Bertz CT molecular complexity index is 1080. The number of aliphatic carboxylic acids is 1. The van der Waals surface area contributed by atoms with E-state index in [9.17, 15) is 19.5 Å². The third-order valence-corrected chi connectivity index (χ3v) is 10.7. The zero-order chi connectivity index (χ0) is 44.2. The number of carbonyl (C=O) groups is 3. The maximum atomic E-state index is 12.7. The number of ether oxygens (including phenoxy) is 4. The van der Waals surface area contributed by atoms with Crippen molar-refractivity contribution < 1.29 is 42.9 Å². The molecule has 0 fully saturated rings. The Labute approximate surface area is 369 Å². The molecule has 0 aromatic rings. The van der Waals surface area contributed by atoms with Crippen LogP contribution in [0.4, 0.5) is 0 Å². The minimum Gasteiger partial charge on any atom is -0.545 e. The monoisotopic (exact) mass is 848 g/mol. The Balaban J connectivity index is 4.29. The van der Waals surface area contributed by atoms with Crippen LogP contribution < -0.4 is 5.11 Å². The molecule has 0 aliphatic heterocycles. The van der Waals surface area contributed by atoms with Crippen LogP contribution in [0.2, 0.25) is 0 Å². The zero-order valence-corrected chi connectivity index (χ0v) is 39.6. The van der Waals surface area contributed by atoms with Crippen molar-refractivity contribution in [2.45, 2.75) is 225 Å². The number of quaternary nitrogens is 1. The number of rotatable bonds is 45. The average molecular weight is 848 g/mol. The van der Waals surface area contributed by atoms with Crippen molar-refractivity contribution in [2.75, 3.05) is 47.5 Å². The van der Waals surface area contributed by atoms with Crippen molar-refractivity contribution in [3.8, 4) is 0 Å². The lowest BCUT2D eigenvalue weighted by atomic mass is 10.0. The molecule has 9 heteroatoms. The minimum absolute atomic E-state index is 0.143. The Morgan fingerprint density at radius 1 is 0.517 bits per heavy atom. The topological polar surface area (TPSA) is 111 Å². The average Bonchev–Trinajstić information content (AvgIpc) is 3.21. The van der Waals surface area contributed by atoms with Gasteiger partial charge in [0, 0.05) is 12.8 Å². The van der Waals surface area contributed by atoms with Crippen molar-refractivity contribution in [3.05, 3.63) is 36.5 Å². The summed E-state index contributed by atoms with van der Waals surface area (Å²) >= 11 is 0. The summed E-state index contributed by atoms with van der Waals surface area (Å²) in [5.74, 6) is -2.32. The lowest BCUT2D eigenvalue weighted by molar-refractivity contribution is -0.870. The molecule has 0 spiro atoms. The Morgan fingerprint density at radius 3 is 1.42 bits per heavy atom. The number of allylic oxidation sites excluding steroid dienone is 6. The number of hydrogen-bond acceptors (Lipinski definition) is 8. The van der Waals surface area contributed by atoms with Crippen molar-refractivity contribution >= 4 is 17.9 Å². The van der Waals surface area contributed by atoms with Crippen LogP contribution in [-0.2, 0) is 33.3 Å². The summed E-state index contributed by atoms with van der Waals surface area (Å²) in [7, 11) is 5.90. The molecule has 0 aliphatic carbocycles. The van der Waals surface area contributed by atoms with Gasteiger partial charge < -0.3 is 33.3 Å². The van der Waals surface area contributed by atoms with E-state index >= 15 is 0 Å². The molecular formula is C51H93NO8. The van der Waals surface area contributed by atoms with Crippen molar-refractivity contribution in [2.24, 2.45) is 0 Å². The normalized spacial score (nSPS) is 13.2. The third-order valence-electron chi connectivity index (χ3n) is 10.7. The maximum absolute atomic E-state index is 12.7. The summed E-state index contributed by atoms with van der Waals surface area (Å²) in [5.41, 5.74) is 0. The molecule has 0 aromatic heterocycles. The Hall–Kier alpha value is -2.49. The van der Waals surface area contributed by atoms with E-state index < -0.39 is 24.3 Å². The smallest absolute Gasteiger partial charge is 0.306 e. The fourth-order valence-electron chi connectivity index (χ4n) is 6.84. The lowest BCUT2D eigenvalue weighted by Crippen LogP contribution is -2.44. The fraction of sp³-hybridized carbons (Fsp3) is 0.824. The highest BCUT2D eigenvalue weighted by Gasteiger charge is 2.21. The third kappa shape index (κ3) is 43.6. The second kappa shape index (κ2) is 43.2. The van der Waals surface area contributed by atoms with Crippen LogP contribution in [-0.4, -0.2) is 82.3 Å². The number of nitrogens with zero attached hydrogens (tertiary/aromatic N) is 1. The van der Waals surface area contributed by atoms with Gasteiger partial charge in [-0.1, -0.05) is 192 Å². The van der Waals surface area contributed by atoms with Gasteiger partial charge in [0.25, 0.3) is 0 Å². The molecule has 0 saturated carbocycles. The van der Waals surface area contributed by atoms with Gasteiger partial charge in [-0.05, 0) is 44.9 Å². The van der Waals surface area contributed by atoms with E-state index in [0.717, 1.165) is 57.8 Å². The van der Waals surface area contributed by atoms with E-state index in [4.69, 9.17) is 18.9 Å². The van der Waals surface area contributed by atoms with Crippen LogP contribution in [0.3, 0.4) is 0 Å². The Morgan fingerprint density at radius 2 is 0.950 bits per heavy atom. The largest absolute Gasteiger partial charge is 0.545 e.